The second kappa shape index (κ2) is 7.14. The largest absolute Gasteiger partial charge is 0.192 e. The average Bonchev–Trinajstić information content (AvgIpc) is 2.48. The number of hydrogen-bond acceptors (Lipinski definition) is 1. The first-order valence-corrected chi connectivity index (χ1v) is 7.48. The highest BCUT2D eigenvalue weighted by molar-refractivity contribution is 5.33. The van der Waals surface area contributed by atoms with Crippen molar-refractivity contribution in [2.24, 2.45) is 5.92 Å². The first-order chi connectivity index (χ1) is 9.33. The maximum absolute atomic E-state index is 8.82. The zero-order chi connectivity index (χ0) is 13.5. The molecule has 0 saturated heterocycles. The second-order valence-electron chi connectivity index (χ2n) is 5.57. The molecule has 1 aromatic carbocycles. The van der Waals surface area contributed by atoms with Crippen LogP contribution >= 0.6 is 0 Å². The van der Waals surface area contributed by atoms with Gasteiger partial charge >= 0.3 is 0 Å². The third-order valence-corrected chi connectivity index (χ3v) is 4.23. The number of benzene rings is 1. The van der Waals surface area contributed by atoms with Crippen LogP contribution < -0.4 is 0 Å². The molecule has 1 aliphatic carbocycles. The molecule has 1 heteroatoms. The number of nitrogens with zero attached hydrogens (tertiary/aromatic N) is 1. The van der Waals surface area contributed by atoms with E-state index >= 15 is 0 Å². The molecule has 0 bridgehead atoms. The van der Waals surface area contributed by atoms with E-state index < -0.39 is 0 Å². The molecule has 0 N–H and O–H groups in total. The maximum Gasteiger partial charge on any atom is 0.0991 e. The Balaban J connectivity index is 1.85. The highest BCUT2D eigenvalue weighted by atomic mass is 14.3. The summed E-state index contributed by atoms with van der Waals surface area (Å²) in [5.74, 6) is 1.59. The van der Waals surface area contributed by atoms with Crippen molar-refractivity contribution >= 4 is 0 Å². The van der Waals surface area contributed by atoms with Crippen molar-refractivity contribution in [3.63, 3.8) is 0 Å². The van der Waals surface area contributed by atoms with Gasteiger partial charge in [-0.25, -0.2) is 0 Å². The topological polar surface area (TPSA) is 23.8 Å². The lowest BCUT2D eigenvalue weighted by Gasteiger charge is -2.28. The van der Waals surface area contributed by atoms with Gasteiger partial charge in [-0.3, -0.25) is 0 Å². The normalized spacial score (nSPS) is 23.4. The van der Waals surface area contributed by atoms with Gasteiger partial charge in [-0.1, -0.05) is 31.2 Å². The Hall–Kier alpha value is -1.55. The van der Waals surface area contributed by atoms with E-state index in [9.17, 15) is 0 Å². The lowest BCUT2D eigenvalue weighted by Crippen LogP contribution is -2.12. The molecular formula is C18H23N. The van der Waals surface area contributed by atoms with Crippen molar-refractivity contribution in [1.82, 2.24) is 0 Å². The molecule has 1 saturated carbocycles. The molecule has 1 fully saturated rings. The van der Waals surface area contributed by atoms with Crippen molar-refractivity contribution in [3.8, 4) is 6.07 Å². The smallest absolute Gasteiger partial charge is 0.0991 e. The van der Waals surface area contributed by atoms with E-state index in [1.807, 2.05) is 12.1 Å². The van der Waals surface area contributed by atoms with Crippen LogP contribution in [0.15, 0.2) is 36.4 Å². The Labute approximate surface area is 117 Å². The Bertz CT molecular complexity index is 442. The average molecular weight is 253 g/mol. The molecule has 19 heavy (non-hydrogen) atoms. The Morgan fingerprint density at radius 2 is 1.79 bits per heavy atom. The van der Waals surface area contributed by atoms with E-state index in [0.717, 1.165) is 17.9 Å². The number of hydrogen-bond donors (Lipinski definition) is 0. The Morgan fingerprint density at radius 1 is 1.11 bits per heavy atom. The summed E-state index contributed by atoms with van der Waals surface area (Å²) in [5, 5.41) is 8.82. The number of rotatable bonds is 4. The van der Waals surface area contributed by atoms with Crippen molar-refractivity contribution in [1.29, 1.82) is 5.26 Å². The molecule has 0 heterocycles. The van der Waals surface area contributed by atoms with Gasteiger partial charge in [0.25, 0.3) is 0 Å². The van der Waals surface area contributed by atoms with Crippen LogP contribution in [0.5, 0.6) is 0 Å². The fourth-order valence-corrected chi connectivity index (χ4v) is 3.02. The standard InChI is InChI=1S/C18H23N/c1-2-3-4-5-15-6-10-17(11-7-15)18-12-8-16(14-19)9-13-18/h3-4,8-9,12-13,15,17H,2,5-7,10-11H2,1H3/b4-3-/t15-,17-. The summed E-state index contributed by atoms with van der Waals surface area (Å²) in [6.07, 6.45) is 12.3. The first kappa shape index (κ1) is 13.9. The molecule has 0 aliphatic heterocycles. The molecule has 1 aliphatic rings. The van der Waals surface area contributed by atoms with E-state index in [-0.39, 0.29) is 0 Å². The van der Waals surface area contributed by atoms with Crippen LogP contribution in [0.4, 0.5) is 0 Å². The SMILES string of the molecule is CC/C=C\C[C@H]1CC[C@H](c2ccc(C#N)cc2)CC1. The summed E-state index contributed by atoms with van der Waals surface area (Å²) >= 11 is 0. The summed E-state index contributed by atoms with van der Waals surface area (Å²) in [6, 6.07) is 10.4. The van der Waals surface area contributed by atoms with Crippen LogP contribution in [-0.4, -0.2) is 0 Å². The van der Waals surface area contributed by atoms with Gasteiger partial charge in [-0.2, -0.15) is 5.26 Å². The number of allylic oxidation sites excluding steroid dienone is 2. The molecule has 0 amide bonds. The summed E-state index contributed by atoms with van der Waals surface area (Å²) in [4.78, 5) is 0. The van der Waals surface area contributed by atoms with E-state index in [4.69, 9.17) is 5.26 Å². The fourth-order valence-electron chi connectivity index (χ4n) is 3.02. The summed E-state index contributed by atoms with van der Waals surface area (Å²) in [7, 11) is 0. The predicted molar refractivity (Wildman–Crippen MR) is 79.9 cm³/mol. The molecule has 0 spiro atoms. The zero-order valence-electron chi connectivity index (χ0n) is 11.8. The summed E-state index contributed by atoms with van der Waals surface area (Å²) < 4.78 is 0. The molecule has 1 nitrogen and oxygen atoms in total. The van der Waals surface area contributed by atoms with E-state index in [0.29, 0.717) is 5.92 Å². The van der Waals surface area contributed by atoms with Gasteiger partial charge in [-0.05, 0) is 68.1 Å². The zero-order valence-corrected chi connectivity index (χ0v) is 11.8. The lowest BCUT2D eigenvalue weighted by atomic mass is 9.77. The van der Waals surface area contributed by atoms with Crippen LogP contribution in [0, 0.1) is 17.2 Å². The molecule has 100 valence electrons. The molecular weight excluding hydrogens is 230 g/mol. The Kier molecular flexibility index (Phi) is 5.21. The van der Waals surface area contributed by atoms with Gasteiger partial charge in [0.05, 0.1) is 11.6 Å². The van der Waals surface area contributed by atoms with Crippen molar-refractivity contribution in [2.75, 3.05) is 0 Å². The van der Waals surface area contributed by atoms with Crippen LogP contribution in [0.3, 0.4) is 0 Å². The van der Waals surface area contributed by atoms with Gasteiger partial charge in [-0.15, -0.1) is 0 Å². The first-order valence-electron chi connectivity index (χ1n) is 7.48. The van der Waals surface area contributed by atoms with Gasteiger partial charge in [0, 0.05) is 0 Å². The Morgan fingerprint density at radius 3 is 2.37 bits per heavy atom. The minimum absolute atomic E-state index is 0.708. The van der Waals surface area contributed by atoms with Crippen LogP contribution in [0.2, 0.25) is 0 Å². The molecule has 0 aromatic heterocycles. The third-order valence-electron chi connectivity index (χ3n) is 4.23. The molecule has 2 rings (SSSR count). The minimum Gasteiger partial charge on any atom is -0.192 e. The molecule has 0 atom stereocenters. The molecule has 0 radical (unpaired) electrons. The van der Waals surface area contributed by atoms with Crippen LogP contribution in [0.1, 0.15) is 62.5 Å². The molecule has 1 aromatic rings. The second-order valence-corrected chi connectivity index (χ2v) is 5.57. The van der Waals surface area contributed by atoms with Gasteiger partial charge < -0.3 is 0 Å². The van der Waals surface area contributed by atoms with Crippen molar-refractivity contribution in [2.45, 2.75) is 51.4 Å². The summed E-state index contributed by atoms with van der Waals surface area (Å²) in [6.45, 7) is 2.19. The maximum atomic E-state index is 8.82. The molecule has 0 unspecified atom stereocenters. The fraction of sp³-hybridized carbons (Fsp3) is 0.500. The van der Waals surface area contributed by atoms with Gasteiger partial charge in [0.15, 0.2) is 0 Å². The lowest BCUT2D eigenvalue weighted by molar-refractivity contribution is 0.328. The summed E-state index contributed by atoms with van der Waals surface area (Å²) in [5.41, 5.74) is 2.18. The number of nitriles is 1. The predicted octanol–water partition coefficient (Wildman–Crippen LogP) is 5.19. The van der Waals surface area contributed by atoms with E-state index in [1.165, 1.54) is 37.7 Å². The van der Waals surface area contributed by atoms with Crippen molar-refractivity contribution in [3.05, 3.63) is 47.5 Å². The van der Waals surface area contributed by atoms with Crippen LogP contribution in [-0.2, 0) is 0 Å². The quantitative estimate of drug-likeness (QED) is 0.677. The highest BCUT2D eigenvalue weighted by Gasteiger charge is 2.21. The van der Waals surface area contributed by atoms with Crippen LogP contribution in [0.25, 0.3) is 0 Å². The highest BCUT2D eigenvalue weighted by Crippen LogP contribution is 2.37. The monoisotopic (exact) mass is 253 g/mol. The van der Waals surface area contributed by atoms with E-state index in [2.05, 4.69) is 37.3 Å². The van der Waals surface area contributed by atoms with Gasteiger partial charge in [0.1, 0.15) is 0 Å². The van der Waals surface area contributed by atoms with E-state index in [1.54, 1.807) is 0 Å². The van der Waals surface area contributed by atoms with Crippen molar-refractivity contribution < 1.29 is 0 Å². The minimum atomic E-state index is 0.708. The van der Waals surface area contributed by atoms with Gasteiger partial charge in [0.2, 0.25) is 0 Å². The third kappa shape index (κ3) is 3.96.